The van der Waals surface area contributed by atoms with Crippen LogP contribution in [0.25, 0.3) is 28.2 Å². The van der Waals surface area contributed by atoms with Crippen LogP contribution < -0.4 is 4.74 Å². The van der Waals surface area contributed by atoms with Gasteiger partial charge in [-0.05, 0) is 92.5 Å². The lowest BCUT2D eigenvalue weighted by Gasteiger charge is -2.17. The first-order chi connectivity index (χ1) is 20.1. The molecule has 0 N–H and O–H groups in total. The van der Waals surface area contributed by atoms with E-state index in [1.54, 1.807) is 19.1 Å². The molecule has 0 saturated heterocycles. The maximum atomic E-state index is 12.0. The van der Waals surface area contributed by atoms with Crippen molar-refractivity contribution in [1.82, 2.24) is 19.7 Å². The molecule has 0 aliphatic carbocycles. The molecule has 1 aromatic heterocycles. The van der Waals surface area contributed by atoms with Gasteiger partial charge in [-0.3, -0.25) is 0 Å². The molecule has 0 atom stereocenters. The van der Waals surface area contributed by atoms with Gasteiger partial charge in [-0.1, -0.05) is 51.5 Å². The van der Waals surface area contributed by atoms with E-state index in [2.05, 4.69) is 49.9 Å². The van der Waals surface area contributed by atoms with E-state index < -0.39 is 0 Å². The maximum Gasteiger partial charge on any atom is 0.338 e. The van der Waals surface area contributed by atoms with Crippen molar-refractivity contribution in [2.45, 2.75) is 53.4 Å². The van der Waals surface area contributed by atoms with E-state index >= 15 is 0 Å². The molecule has 0 unspecified atom stereocenters. The molecule has 0 saturated carbocycles. The van der Waals surface area contributed by atoms with Crippen molar-refractivity contribution < 1.29 is 14.3 Å². The summed E-state index contributed by atoms with van der Waals surface area (Å²) >= 11 is 0. The summed E-state index contributed by atoms with van der Waals surface area (Å²) in [6, 6.07) is 23.8. The van der Waals surface area contributed by atoms with Gasteiger partial charge in [0, 0.05) is 18.5 Å². The summed E-state index contributed by atoms with van der Waals surface area (Å²) in [5, 5.41) is 4.91. The number of carbonyl (C=O) groups excluding carboxylic acids is 1. The average Bonchev–Trinajstić information content (AvgIpc) is 3.45. The van der Waals surface area contributed by atoms with Gasteiger partial charge in [0.15, 0.2) is 5.82 Å². The number of hydrogen-bond donors (Lipinski definition) is 0. The largest absolute Gasteiger partial charge is 0.494 e. The van der Waals surface area contributed by atoms with Gasteiger partial charge >= 0.3 is 5.97 Å². The van der Waals surface area contributed by atoms with Gasteiger partial charge in [0.25, 0.3) is 0 Å². The highest BCUT2D eigenvalue weighted by atomic mass is 16.5. The van der Waals surface area contributed by atoms with E-state index in [1.165, 1.54) is 0 Å². The van der Waals surface area contributed by atoms with E-state index in [0.717, 1.165) is 79.3 Å². The Morgan fingerprint density at radius 3 is 2.05 bits per heavy atom. The first kappa shape index (κ1) is 30.0. The smallest absolute Gasteiger partial charge is 0.338 e. The van der Waals surface area contributed by atoms with Crippen LogP contribution in [0, 0.1) is 0 Å². The number of aromatic nitrogens is 3. The van der Waals surface area contributed by atoms with Crippen LogP contribution in [0.4, 0.5) is 0 Å². The molecule has 0 aliphatic heterocycles. The van der Waals surface area contributed by atoms with Gasteiger partial charge in [-0.25, -0.2) is 14.5 Å². The zero-order chi connectivity index (χ0) is 29.0. The number of esters is 1. The Morgan fingerprint density at radius 1 is 0.805 bits per heavy atom. The summed E-state index contributed by atoms with van der Waals surface area (Å²) in [5.41, 5.74) is 4.58. The molecule has 0 aliphatic rings. The Kier molecular flexibility index (Phi) is 11.1. The molecule has 7 heteroatoms. The van der Waals surface area contributed by atoms with Crippen LogP contribution in [0.3, 0.4) is 0 Å². The standard InChI is InChI=1S/C34H42N4O3/c1-5-9-11-32-35-33(28-18-22-31(23-19-28)41-25-10-24-37(6-2)7-3)36-38(32)30-20-16-27(17-21-30)26-12-14-29(15-13-26)34(39)40-8-4/h12-23H,5-11,24-25H2,1-4H3. The minimum Gasteiger partial charge on any atom is -0.494 e. The van der Waals surface area contributed by atoms with E-state index in [0.29, 0.717) is 24.6 Å². The molecule has 7 nitrogen and oxygen atoms in total. The van der Waals surface area contributed by atoms with Gasteiger partial charge in [0.2, 0.25) is 0 Å². The molecule has 216 valence electrons. The predicted octanol–water partition coefficient (Wildman–Crippen LogP) is 7.23. The quantitative estimate of drug-likeness (QED) is 0.114. The van der Waals surface area contributed by atoms with Crippen LogP contribution in [-0.4, -0.2) is 58.5 Å². The molecule has 0 amide bonds. The second-order valence-electron chi connectivity index (χ2n) is 9.96. The summed E-state index contributed by atoms with van der Waals surface area (Å²) in [4.78, 5) is 19.3. The lowest BCUT2D eigenvalue weighted by Crippen LogP contribution is -2.25. The Labute approximate surface area is 244 Å². The zero-order valence-electron chi connectivity index (χ0n) is 24.8. The van der Waals surface area contributed by atoms with Crippen molar-refractivity contribution in [1.29, 1.82) is 0 Å². The predicted molar refractivity (Wildman–Crippen MR) is 165 cm³/mol. The van der Waals surface area contributed by atoms with Crippen LogP contribution in [0.1, 0.15) is 63.1 Å². The number of unbranched alkanes of at least 4 members (excludes halogenated alkanes) is 1. The highest BCUT2D eigenvalue weighted by Gasteiger charge is 2.14. The molecule has 1 heterocycles. The first-order valence-corrected chi connectivity index (χ1v) is 14.9. The van der Waals surface area contributed by atoms with E-state index in [4.69, 9.17) is 19.6 Å². The molecule has 3 aromatic carbocycles. The topological polar surface area (TPSA) is 69.5 Å². The van der Waals surface area contributed by atoms with Gasteiger partial charge in [0.05, 0.1) is 24.5 Å². The molecule has 0 fully saturated rings. The van der Waals surface area contributed by atoms with E-state index in [1.807, 2.05) is 41.1 Å². The SMILES string of the molecule is CCCCc1nc(-c2ccc(OCCCN(CC)CC)cc2)nn1-c1ccc(-c2ccc(C(=O)OCC)cc2)cc1. The van der Waals surface area contributed by atoms with Crippen molar-refractivity contribution in [3.8, 4) is 34.0 Å². The highest BCUT2D eigenvalue weighted by molar-refractivity contribution is 5.90. The van der Waals surface area contributed by atoms with Gasteiger partial charge < -0.3 is 14.4 Å². The maximum absolute atomic E-state index is 12.0. The minimum absolute atomic E-state index is 0.302. The Balaban J connectivity index is 1.47. The van der Waals surface area contributed by atoms with Crippen LogP contribution in [0.5, 0.6) is 5.75 Å². The number of hydrogen-bond acceptors (Lipinski definition) is 6. The minimum atomic E-state index is -0.302. The molecule has 0 spiro atoms. The number of carbonyl (C=O) groups is 1. The number of benzene rings is 3. The fraction of sp³-hybridized carbons (Fsp3) is 0.382. The third-order valence-electron chi connectivity index (χ3n) is 7.16. The van der Waals surface area contributed by atoms with Crippen molar-refractivity contribution in [2.75, 3.05) is 32.8 Å². The van der Waals surface area contributed by atoms with E-state index in [-0.39, 0.29) is 5.97 Å². The van der Waals surface area contributed by atoms with Crippen molar-refractivity contribution >= 4 is 5.97 Å². The molecule has 4 aromatic rings. The van der Waals surface area contributed by atoms with Gasteiger partial charge in [0.1, 0.15) is 11.6 Å². The van der Waals surface area contributed by atoms with Gasteiger partial charge in [-0.2, -0.15) is 0 Å². The summed E-state index contributed by atoms with van der Waals surface area (Å²) in [6.45, 7) is 12.6. The Hall–Kier alpha value is -3.97. The molecule has 4 rings (SSSR count). The lowest BCUT2D eigenvalue weighted by atomic mass is 10.0. The summed E-state index contributed by atoms with van der Waals surface area (Å²) in [6.07, 6.45) is 3.99. The number of nitrogens with zero attached hydrogens (tertiary/aromatic N) is 4. The highest BCUT2D eigenvalue weighted by Crippen LogP contribution is 2.25. The Bertz CT molecular complexity index is 1360. The lowest BCUT2D eigenvalue weighted by molar-refractivity contribution is 0.0526. The fourth-order valence-corrected chi connectivity index (χ4v) is 4.70. The fourth-order valence-electron chi connectivity index (χ4n) is 4.70. The molecular weight excluding hydrogens is 512 g/mol. The third kappa shape index (κ3) is 8.04. The average molecular weight is 555 g/mol. The summed E-state index contributed by atoms with van der Waals surface area (Å²) < 4.78 is 13.0. The molecule has 0 bridgehead atoms. The first-order valence-electron chi connectivity index (χ1n) is 14.9. The van der Waals surface area contributed by atoms with Crippen LogP contribution in [0.15, 0.2) is 72.8 Å². The van der Waals surface area contributed by atoms with Crippen molar-refractivity contribution in [3.05, 3.63) is 84.2 Å². The monoisotopic (exact) mass is 554 g/mol. The number of ether oxygens (including phenoxy) is 2. The van der Waals surface area contributed by atoms with Crippen LogP contribution in [-0.2, 0) is 11.2 Å². The normalized spacial score (nSPS) is 11.1. The molecule has 0 radical (unpaired) electrons. The summed E-state index contributed by atoms with van der Waals surface area (Å²) in [7, 11) is 0. The summed E-state index contributed by atoms with van der Waals surface area (Å²) in [5.74, 6) is 2.22. The second-order valence-corrected chi connectivity index (χ2v) is 9.96. The van der Waals surface area contributed by atoms with Crippen molar-refractivity contribution in [3.63, 3.8) is 0 Å². The molecular formula is C34H42N4O3. The van der Waals surface area contributed by atoms with Crippen LogP contribution >= 0.6 is 0 Å². The third-order valence-corrected chi connectivity index (χ3v) is 7.16. The second kappa shape index (κ2) is 15.1. The molecule has 41 heavy (non-hydrogen) atoms. The van der Waals surface area contributed by atoms with Crippen molar-refractivity contribution in [2.24, 2.45) is 0 Å². The zero-order valence-corrected chi connectivity index (χ0v) is 24.8. The number of aryl methyl sites for hydroxylation is 1. The van der Waals surface area contributed by atoms with Crippen LogP contribution in [0.2, 0.25) is 0 Å². The van der Waals surface area contributed by atoms with E-state index in [9.17, 15) is 4.79 Å². The van der Waals surface area contributed by atoms with Gasteiger partial charge in [-0.15, -0.1) is 5.10 Å². The Morgan fingerprint density at radius 2 is 1.44 bits per heavy atom. The number of rotatable bonds is 15.